The Morgan fingerprint density at radius 2 is 2.40 bits per heavy atom. The molecule has 1 fully saturated rings. The van der Waals surface area contributed by atoms with Gasteiger partial charge in [-0.05, 0) is 53.6 Å². The maximum atomic E-state index is 9.95. The fourth-order valence-electron chi connectivity index (χ4n) is 1.81. The average molecular weight is 290 g/mol. The van der Waals surface area contributed by atoms with Crippen LogP contribution in [0.25, 0.3) is 0 Å². The fourth-order valence-corrected chi connectivity index (χ4v) is 3.56. The first-order valence-corrected chi connectivity index (χ1v) is 6.97. The molecule has 1 aliphatic rings. The first-order chi connectivity index (χ1) is 7.11. The molecule has 0 bridgehead atoms. The van der Waals surface area contributed by atoms with Gasteiger partial charge in [-0.25, -0.2) is 0 Å². The Kier molecular flexibility index (Phi) is 3.50. The Balaban J connectivity index is 1.87. The normalized spacial score (nSPS) is 21.0. The fraction of sp³-hybridized carbons (Fsp3) is 0.636. The molecule has 0 saturated heterocycles. The third-order valence-electron chi connectivity index (χ3n) is 3.06. The zero-order valence-electron chi connectivity index (χ0n) is 8.79. The highest BCUT2D eigenvalue weighted by atomic mass is 79.9. The lowest BCUT2D eigenvalue weighted by molar-refractivity contribution is -0.0328. The molecule has 1 saturated carbocycles. The van der Waals surface area contributed by atoms with Gasteiger partial charge in [-0.2, -0.15) is 0 Å². The molecule has 1 aromatic rings. The lowest BCUT2D eigenvalue weighted by atomic mass is 9.80. The predicted octanol–water partition coefficient (Wildman–Crippen LogP) is 3.08. The zero-order valence-corrected chi connectivity index (χ0v) is 11.2. The monoisotopic (exact) mass is 289 g/mol. The summed E-state index contributed by atoms with van der Waals surface area (Å²) in [6.45, 7) is 2.84. The van der Waals surface area contributed by atoms with Crippen LogP contribution in [0.1, 0.15) is 37.1 Å². The van der Waals surface area contributed by atoms with Crippen LogP contribution >= 0.6 is 27.3 Å². The van der Waals surface area contributed by atoms with Crippen LogP contribution in [0.3, 0.4) is 0 Å². The van der Waals surface area contributed by atoms with Crippen molar-refractivity contribution in [3.8, 4) is 0 Å². The summed E-state index contributed by atoms with van der Waals surface area (Å²) in [6, 6.07) is 2.37. The van der Waals surface area contributed by atoms with Gasteiger partial charge in [0, 0.05) is 21.9 Å². The number of halogens is 1. The van der Waals surface area contributed by atoms with Crippen LogP contribution in [0.15, 0.2) is 15.9 Å². The molecule has 2 nitrogen and oxygen atoms in total. The van der Waals surface area contributed by atoms with Crippen LogP contribution in [0.5, 0.6) is 0 Å². The van der Waals surface area contributed by atoms with Crippen LogP contribution in [-0.4, -0.2) is 17.3 Å². The second-order valence-electron chi connectivity index (χ2n) is 4.31. The number of hydrogen-bond donors (Lipinski definition) is 2. The van der Waals surface area contributed by atoms with Gasteiger partial charge in [0.1, 0.15) is 0 Å². The second-order valence-corrected chi connectivity index (χ2v) is 6.12. The lowest BCUT2D eigenvalue weighted by Gasteiger charge is -2.37. The SMILES string of the molecule is CC(NCC1(O)CCC1)c1sccc1Br. The van der Waals surface area contributed by atoms with E-state index in [1.807, 2.05) is 0 Å². The summed E-state index contributed by atoms with van der Waals surface area (Å²) in [5.74, 6) is 0. The van der Waals surface area contributed by atoms with E-state index in [1.165, 1.54) is 4.88 Å². The minimum atomic E-state index is -0.433. The minimum Gasteiger partial charge on any atom is -0.389 e. The van der Waals surface area contributed by atoms with E-state index in [-0.39, 0.29) is 0 Å². The summed E-state index contributed by atoms with van der Waals surface area (Å²) >= 11 is 5.27. The lowest BCUT2D eigenvalue weighted by Crippen LogP contribution is -2.46. The Hall–Kier alpha value is 0.100. The molecule has 0 spiro atoms. The van der Waals surface area contributed by atoms with E-state index in [4.69, 9.17) is 0 Å². The summed E-state index contributed by atoms with van der Waals surface area (Å²) in [4.78, 5) is 1.30. The molecule has 2 rings (SSSR count). The second kappa shape index (κ2) is 4.53. The highest BCUT2D eigenvalue weighted by Gasteiger charge is 2.34. The van der Waals surface area contributed by atoms with Crippen molar-refractivity contribution in [1.29, 1.82) is 0 Å². The van der Waals surface area contributed by atoms with E-state index < -0.39 is 5.60 Å². The number of rotatable bonds is 4. The summed E-state index contributed by atoms with van der Waals surface area (Å²) in [7, 11) is 0. The molecule has 0 radical (unpaired) electrons. The Morgan fingerprint density at radius 3 is 2.87 bits per heavy atom. The molecule has 0 aliphatic heterocycles. The summed E-state index contributed by atoms with van der Waals surface area (Å²) in [6.07, 6.45) is 3.05. The molecular formula is C11H16BrNOS. The molecule has 0 aromatic carbocycles. The molecule has 1 unspecified atom stereocenters. The van der Waals surface area contributed by atoms with E-state index in [0.29, 0.717) is 12.6 Å². The maximum Gasteiger partial charge on any atom is 0.0771 e. The van der Waals surface area contributed by atoms with Gasteiger partial charge < -0.3 is 10.4 Å². The van der Waals surface area contributed by atoms with Gasteiger partial charge in [0.05, 0.1) is 5.60 Å². The van der Waals surface area contributed by atoms with E-state index in [1.54, 1.807) is 11.3 Å². The number of aliphatic hydroxyl groups is 1. The van der Waals surface area contributed by atoms with Crippen molar-refractivity contribution in [1.82, 2.24) is 5.32 Å². The Bertz CT molecular complexity index is 335. The van der Waals surface area contributed by atoms with Gasteiger partial charge >= 0.3 is 0 Å². The van der Waals surface area contributed by atoms with Crippen molar-refractivity contribution in [2.24, 2.45) is 0 Å². The van der Waals surface area contributed by atoms with E-state index in [9.17, 15) is 5.11 Å². The quantitative estimate of drug-likeness (QED) is 0.893. The molecule has 15 heavy (non-hydrogen) atoms. The van der Waals surface area contributed by atoms with Crippen LogP contribution in [0.2, 0.25) is 0 Å². The molecule has 2 N–H and O–H groups in total. The van der Waals surface area contributed by atoms with E-state index in [2.05, 4.69) is 39.6 Å². The Morgan fingerprint density at radius 1 is 1.67 bits per heavy atom. The summed E-state index contributed by atoms with van der Waals surface area (Å²) in [5, 5.41) is 15.4. The standard InChI is InChI=1S/C11H16BrNOS/c1-8(10-9(12)3-6-15-10)13-7-11(14)4-2-5-11/h3,6,8,13-14H,2,4-5,7H2,1H3. The van der Waals surface area contributed by atoms with Crippen LogP contribution in [0, 0.1) is 0 Å². The number of thiophene rings is 1. The van der Waals surface area contributed by atoms with E-state index in [0.717, 1.165) is 23.7 Å². The predicted molar refractivity (Wildman–Crippen MR) is 67.2 cm³/mol. The first-order valence-electron chi connectivity index (χ1n) is 5.29. The van der Waals surface area contributed by atoms with Gasteiger partial charge in [0.15, 0.2) is 0 Å². The van der Waals surface area contributed by atoms with Gasteiger partial charge in [-0.3, -0.25) is 0 Å². The smallest absolute Gasteiger partial charge is 0.0771 e. The third-order valence-corrected chi connectivity index (χ3v) is 5.11. The highest BCUT2D eigenvalue weighted by molar-refractivity contribution is 9.10. The van der Waals surface area contributed by atoms with Gasteiger partial charge in [0.2, 0.25) is 0 Å². The van der Waals surface area contributed by atoms with Crippen LogP contribution in [-0.2, 0) is 0 Å². The molecular weight excluding hydrogens is 274 g/mol. The minimum absolute atomic E-state index is 0.309. The molecule has 1 heterocycles. The van der Waals surface area contributed by atoms with Crippen molar-refractivity contribution >= 4 is 27.3 Å². The third kappa shape index (κ3) is 2.61. The topological polar surface area (TPSA) is 32.3 Å². The molecule has 4 heteroatoms. The molecule has 0 amide bonds. The maximum absolute atomic E-state index is 9.95. The van der Waals surface area contributed by atoms with Crippen LogP contribution in [0.4, 0.5) is 0 Å². The molecule has 84 valence electrons. The zero-order chi connectivity index (χ0) is 10.9. The average Bonchev–Trinajstić information content (AvgIpc) is 2.58. The number of nitrogens with one attached hydrogen (secondary N) is 1. The molecule has 1 aliphatic carbocycles. The van der Waals surface area contributed by atoms with Crippen molar-refractivity contribution in [3.05, 3.63) is 20.8 Å². The van der Waals surface area contributed by atoms with Crippen molar-refractivity contribution < 1.29 is 5.11 Å². The highest BCUT2D eigenvalue weighted by Crippen LogP contribution is 2.33. The van der Waals surface area contributed by atoms with Gasteiger partial charge in [0.25, 0.3) is 0 Å². The largest absolute Gasteiger partial charge is 0.389 e. The van der Waals surface area contributed by atoms with Crippen molar-refractivity contribution in [2.45, 2.75) is 37.8 Å². The van der Waals surface area contributed by atoms with Crippen molar-refractivity contribution in [3.63, 3.8) is 0 Å². The van der Waals surface area contributed by atoms with Gasteiger partial charge in [-0.15, -0.1) is 11.3 Å². The Labute approximate surface area is 103 Å². The van der Waals surface area contributed by atoms with Gasteiger partial charge in [-0.1, -0.05) is 0 Å². The summed E-state index contributed by atoms with van der Waals surface area (Å²) < 4.78 is 1.16. The number of hydrogen-bond acceptors (Lipinski definition) is 3. The molecule has 1 aromatic heterocycles. The van der Waals surface area contributed by atoms with Crippen LogP contribution < -0.4 is 5.32 Å². The van der Waals surface area contributed by atoms with Crippen molar-refractivity contribution in [2.75, 3.05) is 6.54 Å². The summed E-state index contributed by atoms with van der Waals surface area (Å²) in [5.41, 5.74) is -0.433. The van der Waals surface area contributed by atoms with E-state index >= 15 is 0 Å². The first kappa shape index (κ1) is 11.6. The molecule has 1 atom stereocenters.